The lowest BCUT2D eigenvalue weighted by atomic mass is 10.2. The van der Waals surface area contributed by atoms with Crippen LogP contribution in [0.3, 0.4) is 0 Å². The predicted molar refractivity (Wildman–Crippen MR) is 70.9 cm³/mol. The molecule has 0 heterocycles. The van der Waals surface area contributed by atoms with Crippen LogP contribution in [-0.4, -0.2) is 53.8 Å². The second-order valence-electron chi connectivity index (χ2n) is 4.89. The second kappa shape index (κ2) is 6.60. The lowest BCUT2D eigenvalue weighted by Crippen LogP contribution is -2.45. The topological polar surface area (TPSA) is 23.6 Å². The number of nitrogens with zero attached hydrogens (tertiary/aromatic N) is 2. The van der Waals surface area contributed by atoms with Gasteiger partial charge < -0.3 is 9.80 Å². The molecule has 0 radical (unpaired) electrons. The largest absolute Gasteiger partial charge is 0.337 e. The van der Waals surface area contributed by atoms with Gasteiger partial charge in [0, 0.05) is 19.1 Å². The molecule has 0 spiro atoms. The zero-order valence-electron chi connectivity index (χ0n) is 10.6. The summed E-state index contributed by atoms with van der Waals surface area (Å²) >= 11 is 3.39. The van der Waals surface area contributed by atoms with Gasteiger partial charge in [-0.3, -0.25) is 4.79 Å². The van der Waals surface area contributed by atoms with Crippen LogP contribution >= 0.6 is 15.9 Å². The lowest BCUT2D eigenvalue weighted by Gasteiger charge is -2.31. The highest BCUT2D eigenvalue weighted by Crippen LogP contribution is 2.24. The fourth-order valence-electron chi connectivity index (χ4n) is 2.22. The Morgan fingerprint density at radius 2 is 1.88 bits per heavy atom. The molecule has 1 unspecified atom stereocenters. The van der Waals surface area contributed by atoms with Gasteiger partial charge in [-0.25, -0.2) is 0 Å². The number of amides is 1. The molecule has 4 heteroatoms. The van der Waals surface area contributed by atoms with Crippen LogP contribution < -0.4 is 0 Å². The molecular formula is C12H23BrN2O. The van der Waals surface area contributed by atoms with Crippen LogP contribution in [0.25, 0.3) is 0 Å². The minimum Gasteiger partial charge on any atom is -0.337 e. The Labute approximate surface area is 107 Å². The highest BCUT2D eigenvalue weighted by molar-refractivity contribution is 9.10. The molecule has 1 amide bonds. The predicted octanol–water partition coefficient (Wildman–Crippen LogP) is 2.10. The summed E-state index contributed by atoms with van der Waals surface area (Å²) in [7, 11) is 4.10. The van der Waals surface area contributed by atoms with Gasteiger partial charge in [0.1, 0.15) is 0 Å². The number of hydrogen-bond donors (Lipinski definition) is 0. The van der Waals surface area contributed by atoms with Gasteiger partial charge in [-0.1, -0.05) is 28.8 Å². The number of halogens is 1. The standard InChI is InChI=1S/C12H23BrN2O/c1-10(13)12(16)15(9-8-14(2)3)11-6-4-5-7-11/h10-11H,4-9H2,1-3H3. The second-order valence-corrected chi connectivity index (χ2v) is 6.26. The van der Waals surface area contributed by atoms with E-state index in [1.165, 1.54) is 25.7 Å². The number of alkyl halides is 1. The average Bonchev–Trinajstić information content (AvgIpc) is 2.70. The van der Waals surface area contributed by atoms with Crippen molar-refractivity contribution in [2.75, 3.05) is 27.2 Å². The van der Waals surface area contributed by atoms with E-state index < -0.39 is 0 Å². The Bertz CT molecular complexity index is 225. The van der Waals surface area contributed by atoms with E-state index in [0.717, 1.165) is 13.1 Å². The van der Waals surface area contributed by atoms with E-state index in [-0.39, 0.29) is 10.7 Å². The van der Waals surface area contributed by atoms with Crippen molar-refractivity contribution < 1.29 is 4.79 Å². The molecule has 3 nitrogen and oxygen atoms in total. The van der Waals surface area contributed by atoms with E-state index in [2.05, 4.69) is 39.8 Å². The molecule has 0 bridgehead atoms. The third-order valence-corrected chi connectivity index (χ3v) is 3.57. The summed E-state index contributed by atoms with van der Waals surface area (Å²) in [4.78, 5) is 16.3. The molecule has 1 fully saturated rings. The maximum atomic E-state index is 12.1. The van der Waals surface area contributed by atoms with E-state index in [1.54, 1.807) is 0 Å². The molecule has 1 aliphatic rings. The number of carbonyl (C=O) groups is 1. The summed E-state index contributed by atoms with van der Waals surface area (Å²) in [6.45, 7) is 3.72. The fraction of sp³-hybridized carbons (Fsp3) is 0.917. The molecular weight excluding hydrogens is 268 g/mol. The van der Waals surface area contributed by atoms with Crippen LogP contribution in [-0.2, 0) is 4.79 Å². The smallest absolute Gasteiger partial charge is 0.236 e. The molecule has 1 aliphatic carbocycles. The summed E-state index contributed by atoms with van der Waals surface area (Å²) in [6, 6.07) is 0.479. The summed E-state index contributed by atoms with van der Waals surface area (Å²) in [5.74, 6) is 0.244. The number of carbonyl (C=O) groups excluding carboxylic acids is 1. The van der Waals surface area contributed by atoms with Crippen molar-refractivity contribution in [2.24, 2.45) is 0 Å². The summed E-state index contributed by atoms with van der Waals surface area (Å²) in [5, 5.41) is 0. The summed E-state index contributed by atoms with van der Waals surface area (Å²) in [6.07, 6.45) is 4.90. The van der Waals surface area contributed by atoms with Gasteiger partial charge in [-0.2, -0.15) is 0 Å². The third-order valence-electron chi connectivity index (χ3n) is 3.18. The monoisotopic (exact) mass is 290 g/mol. The number of hydrogen-bond acceptors (Lipinski definition) is 2. The lowest BCUT2D eigenvalue weighted by molar-refractivity contribution is -0.132. The van der Waals surface area contributed by atoms with Crippen LogP contribution in [0.2, 0.25) is 0 Å². The van der Waals surface area contributed by atoms with Crippen molar-refractivity contribution in [2.45, 2.75) is 43.5 Å². The maximum Gasteiger partial charge on any atom is 0.236 e. The Hall–Kier alpha value is -0.0900. The fourth-order valence-corrected chi connectivity index (χ4v) is 2.49. The first-order valence-electron chi connectivity index (χ1n) is 6.11. The molecule has 0 aromatic carbocycles. The first-order valence-corrected chi connectivity index (χ1v) is 7.03. The van der Waals surface area contributed by atoms with Gasteiger partial charge in [-0.05, 0) is 33.9 Å². The van der Waals surface area contributed by atoms with Crippen molar-refractivity contribution in [3.05, 3.63) is 0 Å². The molecule has 0 aromatic rings. The average molecular weight is 291 g/mol. The first kappa shape index (κ1) is 14.0. The van der Waals surface area contributed by atoms with Gasteiger partial charge in [0.05, 0.1) is 4.83 Å². The SMILES string of the molecule is CC(Br)C(=O)N(CCN(C)C)C1CCCC1. The molecule has 0 saturated heterocycles. The van der Waals surface area contributed by atoms with Crippen LogP contribution in [0, 0.1) is 0 Å². The van der Waals surface area contributed by atoms with Crippen molar-refractivity contribution in [3.63, 3.8) is 0 Å². The molecule has 94 valence electrons. The molecule has 0 aromatic heterocycles. The van der Waals surface area contributed by atoms with E-state index in [1.807, 2.05) is 6.92 Å². The summed E-state index contributed by atoms with van der Waals surface area (Å²) < 4.78 is 0. The van der Waals surface area contributed by atoms with E-state index in [9.17, 15) is 4.79 Å². The Morgan fingerprint density at radius 1 is 1.31 bits per heavy atom. The summed E-state index contributed by atoms with van der Waals surface area (Å²) in [5.41, 5.74) is 0. The van der Waals surface area contributed by atoms with Crippen LogP contribution in [0.4, 0.5) is 0 Å². The highest BCUT2D eigenvalue weighted by Gasteiger charge is 2.28. The minimum absolute atomic E-state index is 0.0599. The highest BCUT2D eigenvalue weighted by atomic mass is 79.9. The molecule has 1 rings (SSSR count). The zero-order chi connectivity index (χ0) is 12.1. The quantitative estimate of drug-likeness (QED) is 0.724. The van der Waals surface area contributed by atoms with E-state index >= 15 is 0 Å². The molecule has 16 heavy (non-hydrogen) atoms. The van der Waals surface area contributed by atoms with Crippen molar-refractivity contribution >= 4 is 21.8 Å². The van der Waals surface area contributed by atoms with E-state index in [4.69, 9.17) is 0 Å². The van der Waals surface area contributed by atoms with Gasteiger partial charge in [0.25, 0.3) is 0 Å². The first-order chi connectivity index (χ1) is 7.52. The Balaban J connectivity index is 2.56. The minimum atomic E-state index is -0.0599. The third kappa shape index (κ3) is 4.06. The van der Waals surface area contributed by atoms with Crippen molar-refractivity contribution in [3.8, 4) is 0 Å². The van der Waals surface area contributed by atoms with Gasteiger partial charge in [-0.15, -0.1) is 0 Å². The number of likely N-dealkylation sites (N-methyl/N-ethyl adjacent to an activating group) is 1. The zero-order valence-corrected chi connectivity index (χ0v) is 12.2. The Morgan fingerprint density at radius 3 is 2.31 bits per heavy atom. The number of rotatable bonds is 5. The molecule has 1 atom stereocenters. The molecule has 0 aliphatic heterocycles. The maximum absolute atomic E-state index is 12.1. The van der Waals surface area contributed by atoms with Gasteiger partial charge >= 0.3 is 0 Å². The van der Waals surface area contributed by atoms with Gasteiger partial charge in [0.2, 0.25) is 5.91 Å². The van der Waals surface area contributed by atoms with Crippen LogP contribution in [0.5, 0.6) is 0 Å². The Kier molecular flexibility index (Phi) is 5.76. The normalized spacial score (nSPS) is 19.1. The van der Waals surface area contributed by atoms with Crippen molar-refractivity contribution in [1.29, 1.82) is 0 Å². The molecule has 1 saturated carbocycles. The van der Waals surface area contributed by atoms with Crippen LogP contribution in [0.15, 0.2) is 0 Å². The molecule has 0 N–H and O–H groups in total. The van der Waals surface area contributed by atoms with Crippen molar-refractivity contribution in [1.82, 2.24) is 9.80 Å². The van der Waals surface area contributed by atoms with Gasteiger partial charge in [0.15, 0.2) is 0 Å². The van der Waals surface area contributed by atoms with E-state index in [0.29, 0.717) is 6.04 Å². The van der Waals surface area contributed by atoms with Crippen LogP contribution in [0.1, 0.15) is 32.6 Å².